The Kier molecular flexibility index (Phi) is 4.31. The molecule has 1 N–H and O–H groups in total. The number of nitro groups is 1. The zero-order chi connectivity index (χ0) is 14.7. The molecule has 0 aliphatic carbocycles. The molecule has 2 rings (SSSR count). The second-order valence-electron chi connectivity index (χ2n) is 4.04. The van der Waals surface area contributed by atoms with E-state index in [4.69, 9.17) is 4.74 Å². The number of aliphatic hydroxyl groups is 1. The van der Waals surface area contributed by atoms with Gasteiger partial charge in [0.05, 0.1) is 22.9 Å². The zero-order valence-corrected chi connectivity index (χ0v) is 12.1. The third-order valence-electron chi connectivity index (χ3n) is 2.55. The largest absolute Gasteiger partial charge is 0.454 e. The van der Waals surface area contributed by atoms with Crippen molar-refractivity contribution >= 4 is 21.6 Å². The Morgan fingerprint density at radius 2 is 2.15 bits per heavy atom. The van der Waals surface area contributed by atoms with Crippen LogP contribution >= 0.6 is 15.9 Å². The molecule has 0 aliphatic heterocycles. The third kappa shape index (κ3) is 3.12. The van der Waals surface area contributed by atoms with E-state index < -0.39 is 11.0 Å². The minimum Gasteiger partial charge on any atom is -0.454 e. The van der Waals surface area contributed by atoms with E-state index in [2.05, 4.69) is 20.9 Å². The SMILES string of the molecule is C[C@@H](O)c1ccc(Oc2cccc([N+](=O)[O-])c2Br)cn1. The summed E-state index contributed by atoms with van der Waals surface area (Å²) in [7, 11) is 0. The zero-order valence-electron chi connectivity index (χ0n) is 10.5. The first-order chi connectivity index (χ1) is 9.49. The van der Waals surface area contributed by atoms with Gasteiger partial charge in [-0.3, -0.25) is 15.1 Å². The predicted molar refractivity (Wildman–Crippen MR) is 75.7 cm³/mol. The van der Waals surface area contributed by atoms with Gasteiger partial charge in [0, 0.05) is 6.07 Å². The third-order valence-corrected chi connectivity index (χ3v) is 3.35. The number of ether oxygens (including phenoxy) is 1. The maximum Gasteiger partial charge on any atom is 0.287 e. The number of benzene rings is 1. The average Bonchev–Trinajstić information content (AvgIpc) is 2.41. The molecular formula is C13H11BrN2O4. The summed E-state index contributed by atoms with van der Waals surface area (Å²) in [5.74, 6) is 0.751. The molecule has 0 fully saturated rings. The number of rotatable bonds is 4. The smallest absolute Gasteiger partial charge is 0.287 e. The molecule has 104 valence electrons. The molecule has 0 saturated heterocycles. The van der Waals surface area contributed by atoms with Gasteiger partial charge in [0.1, 0.15) is 16.0 Å². The molecule has 1 aromatic carbocycles. The summed E-state index contributed by atoms with van der Waals surface area (Å²) in [6, 6.07) is 7.80. The first-order valence-corrected chi connectivity index (χ1v) is 6.53. The van der Waals surface area contributed by atoms with Gasteiger partial charge < -0.3 is 9.84 Å². The fourth-order valence-corrected chi connectivity index (χ4v) is 2.04. The summed E-state index contributed by atoms with van der Waals surface area (Å²) in [5, 5.41) is 20.2. The Bertz CT molecular complexity index is 629. The molecule has 0 amide bonds. The Labute approximate surface area is 123 Å². The highest BCUT2D eigenvalue weighted by molar-refractivity contribution is 9.10. The van der Waals surface area contributed by atoms with Crippen LogP contribution in [-0.4, -0.2) is 15.0 Å². The minimum atomic E-state index is -0.659. The Morgan fingerprint density at radius 3 is 2.70 bits per heavy atom. The number of aromatic nitrogens is 1. The van der Waals surface area contributed by atoms with Gasteiger partial charge in [-0.2, -0.15) is 0 Å². The van der Waals surface area contributed by atoms with Gasteiger partial charge in [-0.1, -0.05) is 6.07 Å². The topological polar surface area (TPSA) is 85.5 Å². The average molecular weight is 339 g/mol. The molecule has 0 bridgehead atoms. The van der Waals surface area contributed by atoms with E-state index in [1.165, 1.54) is 18.3 Å². The number of halogens is 1. The van der Waals surface area contributed by atoms with Crippen LogP contribution in [0, 0.1) is 10.1 Å². The van der Waals surface area contributed by atoms with Crippen molar-refractivity contribution in [1.29, 1.82) is 0 Å². The van der Waals surface area contributed by atoms with E-state index in [1.807, 2.05) is 0 Å². The lowest BCUT2D eigenvalue weighted by atomic mass is 10.2. The molecule has 0 unspecified atom stereocenters. The summed E-state index contributed by atoms with van der Waals surface area (Å²) in [6.45, 7) is 1.61. The molecule has 0 saturated carbocycles. The van der Waals surface area contributed by atoms with Gasteiger partial charge in [0.25, 0.3) is 5.69 Å². The van der Waals surface area contributed by atoms with Crippen molar-refractivity contribution in [1.82, 2.24) is 4.98 Å². The number of hydrogen-bond donors (Lipinski definition) is 1. The van der Waals surface area contributed by atoms with Crippen LogP contribution in [0.5, 0.6) is 11.5 Å². The van der Waals surface area contributed by atoms with Crippen molar-refractivity contribution < 1.29 is 14.8 Å². The van der Waals surface area contributed by atoms with Crippen molar-refractivity contribution in [3.63, 3.8) is 0 Å². The minimum absolute atomic E-state index is 0.0731. The highest BCUT2D eigenvalue weighted by atomic mass is 79.9. The van der Waals surface area contributed by atoms with Crippen LogP contribution in [0.25, 0.3) is 0 Å². The summed E-state index contributed by atoms with van der Waals surface area (Å²) >= 11 is 3.15. The molecule has 0 spiro atoms. The van der Waals surface area contributed by atoms with Crippen LogP contribution in [0.1, 0.15) is 18.7 Å². The first kappa shape index (κ1) is 14.4. The van der Waals surface area contributed by atoms with E-state index in [9.17, 15) is 15.2 Å². The standard InChI is InChI=1S/C13H11BrN2O4/c1-8(17)10-6-5-9(7-15-10)20-12-4-2-3-11(13(12)14)16(18)19/h2-8,17H,1H3/t8-/m1/s1. The second kappa shape index (κ2) is 5.98. The Hall–Kier alpha value is -1.99. The molecule has 6 nitrogen and oxygen atoms in total. The van der Waals surface area contributed by atoms with Gasteiger partial charge in [-0.15, -0.1) is 0 Å². The maximum absolute atomic E-state index is 10.8. The molecule has 0 radical (unpaired) electrons. The number of nitrogens with zero attached hydrogens (tertiary/aromatic N) is 2. The molecule has 2 aromatic rings. The van der Waals surface area contributed by atoms with Crippen LogP contribution in [0.4, 0.5) is 5.69 Å². The lowest BCUT2D eigenvalue weighted by Crippen LogP contribution is -1.96. The predicted octanol–water partition coefficient (Wildman–Crippen LogP) is 3.60. The summed E-state index contributed by atoms with van der Waals surface area (Å²) in [4.78, 5) is 14.4. The number of pyridine rings is 1. The van der Waals surface area contributed by atoms with Gasteiger partial charge in [-0.25, -0.2) is 0 Å². The Balaban J connectivity index is 2.26. The van der Waals surface area contributed by atoms with Crippen molar-refractivity contribution in [2.75, 3.05) is 0 Å². The van der Waals surface area contributed by atoms with E-state index >= 15 is 0 Å². The highest BCUT2D eigenvalue weighted by Gasteiger charge is 2.16. The number of hydrogen-bond acceptors (Lipinski definition) is 5. The summed E-state index contributed by atoms with van der Waals surface area (Å²) in [6.07, 6.45) is 0.793. The number of nitro benzene ring substituents is 1. The van der Waals surface area contributed by atoms with Crippen LogP contribution in [0.2, 0.25) is 0 Å². The van der Waals surface area contributed by atoms with Gasteiger partial charge >= 0.3 is 0 Å². The molecule has 0 aliphatic rings. The summed E-state index contributed by atoms with van der Waals surface area (Å²) in [5.41, 5.74) is 0.450. The second-order valence-corrected chi connectivity index (χ2v) is 4.84. The lowest BCUT2D eigenvalue weighted by Gasteiger charge is -2.09. The fraction of sp³-hybridized carbons (Fsp3) is 0.154. The van der Waals surface area contributed by atoms with Gasteiger partial charge in [0.2, 0.25) is 0 Å². The van der Waals surface area contributed by atoms with Gasteiger partial charge in [-0.05, 0) is 41.1 Å². The molecule has 1 aromatic heterocycles. The quantitative estimate of drug-likeness (QED) is 0.679. The van der Waals surface area contributed by atoms with E-state index in [1.54, 1.807) is 25.1 Å². The maximum atomic E-state index is 10.8. The highest BCUT2D eigenvalue weighted by Crippen LogP contribution is 2.36. The normalized spacial score (nSPS) is 11.9. The van der Waals surface area contributed by atoms with Gasteiger partial charge in [0.15, 0.2) is 0 Å². The van der Waals surface area contributed by atoms with Crippen molar-refractivity contribution in [3.8, 4) is 11.5 Å². The molecule has 20 heavy (non-hydrogen) atoms. The van der Waals surface area contributed by atoms with E-state index in [0.717, 1.165) is 0 Å². The Morgan fingerprint density at radius 1 is 1.40 bits per heavy atom. The van der Waals surface area contributed by atoms with Crippen molar-refractivity contribution in [3.05, 3.63) is 56.8 Å². The van der Waals surface area contributed by atoms with E-state index in [-0.39, 0.29) is 10.2 Å². The van der Waals surface area contributed by atoms with Crippen LogP contribution in [0.15, 0.2) is 41.0 Å². The lowest BCUT2D eigenvalue weighted by molar-refractivity contribution is -0.385. The fourth-order valence-electron chi connectivity index (χ4n) is 1.55. The monoisotopic (exact) mass is 338 g/mol. The number of aliphatic hydroxyl groups excluding tert-OH is 1. The molecule has 1 atom stereocenters. The van der Waals surface area contributed by atoms with Crippen LogP contribution < -0.4 is 4.74 Å². The van der Waals surface area contributed by atoms with Crippen LogP contribution in [0.3, 0.4) is 0 Å². The first-order valence-electron chi connectivity index (χ1n) is 5.74. The molecular weight excluding hydrogens is 328 g/mol. The van der Waals surface area contributed by atoms with Crippen molar-refractivity contribution in [2.24, 2.45) is 0 Å². The molecule has 7 heteroatoms. The van der Waals surface area contributed by atoms with Crippen molar-refractivity contribution in [2.45, 2.75) is 13.0 Å². The summed E-state index contributed by atoms with van der Waals surface area (Å²) < 4.78 is 5.81. The van der Waals surface area contributed by atoms with E-state index in [0.29, 0.717) is 17.2 Å². The van der Waals surface area contributed by atoms with Crippen LogP contribution in [-0.2, 0) is 0 Å². The molecule has 1 heterocycles.